The lowest BCUT2D eigenvalue weighted by Crippen LogP contribution is -2.26. The van der Waals surface area contributed by atoms with Crippen LogP contribution >= 0.6 is 12.4 Å². The quantitative estimate of drug-likeness (QED) is 0.881. The van der Waals surface area contributed by atoms with Crippen LogP contribution in [0.4, 0.5) is 0 Å². The third kappa shape index (κ3) is 3.28. The average Bonchev–Trinajstić information content (AvgIpc) is 2.37. The van der Waals surface area contributed by atoms with Gasteiger partial charge in [-0.2, -0.15) is 0 Å². The molecule has 0 aromatic heterocycles. The van der Waals surface area contributed by atoms with E-state index in [9.17, 15) is 5.11 Å². The number of benzene rings is 1. The highest BCUT2D eigenvalue weighted by Gasteiger charge is 2.19. The van der Waals surface area contributed by atoms with E-state index in [0.717, 1.165) is 17.7 Å². The van der Waals surface area contributed by atoms with Crippen molar-refractivity contribution in [3.8, 4) is 11.5 Å². The van der Waals surface area contributed by atoms with E-state index in [1.165, 1.54) is 0 Å². The number of aliphatic hydroxyl groups excluding tert-OH is 1. The van der Waals surface area contributed by atoms with E-state index < -0.39 is 6.10 Å². The standard InChI is InChI=1S/C13H19NO3.ClH/c1-2-3-10(15)13(14)9-4-5-11-12(8-9)17-7-6-16-11;/h4-5,8,10,13,15H,2-3,6-7,14H2,1H3;1H/t10-,13+;/m0./s1. The summed E-state index contributed by atoms with van der Waals surface area (Å²) in [6.45, 7) is 3.17. The summed E-state index contributed by atoms with van der Waals surface area (Å²) in [6.07, 6.45) is 1.11. The molecule has 0 aliphatic carbocycles. The molecule has 1 aromatic rings. The maximum atomic E-state index is 9.88. The summed E-state index contributed by atoms with van der Waals surface area (Å²) in [6, 6.07) is 5.23. The smallest absolute Gasteiger partial charge is 0.161 e. The molecule has 0 bridgehead atoms. The van der Waals surface area contributed by atoms with E-state index in [0.29, 0.717) is 25.4 Å². The molecule has 2 atom stereocenters. The number of ether oxygens (including phenoxy) is 2. The minimum absolute atomic E-state index is 0. The summed E-state index contributed by atoms with van der Waals surface area (Å²) in [5.74, 6) is 1.46. The first-order valence-corrected chi connectivity index (χ1v) is 6.05. The first kappa shape index (κ1) is 15.1. The Morgan fingerprint density at radius 3 is 2.61 bits per heavy atom. The van der Waals surface area contributed by atoms with E-state index in [4.69, 9.17) is 15.2 Å². The van der Waals surface area contributed by atoms with Crippen molar-refractivity contribution in [2.24, 2.45) is 5.73 Å². The van der Waals surface area contributed by atoms with E-state index in [2.05, 4.69) is 0 Å². The maximum Gasteiger partial charge on any atom is 0.161 e. The van der Waals surface area contributed by atoms with Gasteiger partial charge in [0.1, 0.15) is 13.2 Å². The minimum atomic E-state index is -0.512. The highest BCUT2D eigenvalue weighted by molar-refractivity contribution is 5.85. The Morgan fingerprint density at radius 2 is 1.94 bits per heavy atom. The normalized spacial score (nSPS) is 16.6. The fourth-order valence-electron chi connectivity index (χ4n) is 1.96. The van der Waals surface area contributed by atoms with E-state index in [1.54, 1.807) is 0 Å². The molecule has 18 heavy (non-hydrogen) atoms. The Kier molecular flexibility index (Phi) is 5.72. The van der Waals surface area contributed by atoms with Crippen molar-refractivity contribution in [1.29, 1.82) is 0 Å². The molecule has 1 aromatic carbocycles. The van der Waals surface area contributed by atoms with Crippen LogP contribution in [-0.2, 0) is 0 Å². The van der Waals surface area contributed by atoms with E-state index >= 15 is 0 Å². The predicted octanol–water partition coefficient (Wildman–Crippen LogP) is 2.04. The van der Waals surface area contributed by atoms with Crippen LogP contribution < -0.4 is 15.2 Å². The predicted molar refractivity (Wildman–Crippen MR) is 72.5 cm³/mol. The zero-order chi connectivity index (χ0) is 12.3. The molecule has 1 aliphatic heterocycles. The lowest BCUT2D eigenvalue weighted by Gasteiger charge is -2.22. The van der Waals surface area contributed by atoms with Gasteiger partial charge in [-0.3, -0.25) is 0 Å². The van der Waals surface area contributed by atoms with Crippen molar-refractivity contribution in [2.75, 3.05) is 13.2 Å². The first-order chi connectivity index (χ1) is 8.22. The molecule has 0 unspecified atom stereocenters. The topological polar surface area (TPSA) is 64.7 Å². The van der Waals surface area contributed by atoms with Gasteiger partial charge in [-0.25, -0.2) is 0 Å². The summed E-state index contributed by atoms with van der Waals surface area (Å²) in [7, 11) is 0. The van der Waals surface area contributed by atoms with Crippen LogP contribution in [0.15, 0.2) is 18.2 Å². The van der Waals surface area contributed by atoms with Gasteiger partial charge < -0.3 is 20.3 Å². The number of hydrogen-bond donors (Lipinski definition) is 2. The lowest BCUT2D eigenvalue weighted by molar-refractivity contribution is 0.133. The van der Waals surface area contributed by atoms with Crippen LogP contribution in [0.1, 0.15) is 31.4 Å². The zero-order valence-electron chi connectivity index (χ0n) is 10.5. The van der Waals surface area contributed by atoms with Crippen molar-refractivity contribution in [2.45, 2.75) is 31.9 Å². The second-order valence-electron chi connectivity index (χ2n) is 4.28. The Bertz CT molecular complexity index is 386. The Morgan fingerprint density at radius 1 is 1.28 bits per heavy atom. The van der Waals surface area contributed by atoms with Gasteiger partial charge in [-0.1, -0.05) is 19.4 Å². The second-order valence-corrected chi connectivity index (χ2v) is 4.28. The van der Waals surface area contributed by atoms with Crippen molar-refractivity contribution < 1.29 is 14.6 Å². The van der Waals surface area contributed by atoms with Crippen LogP contribution in [0.25, 0.3) is 0 Å². The maximum absolute atomic E-state index is 9.88. The summed E-state index contributed by atoms with van der Waals surface area (Å²) < 4.78 is 10.9. The molecule has 0 fully saturated rings. The van der Waals surface area contributed by atoms with Gasteiger partial charge in [-0.05, 0) is 24.1 Å². The number of aliphatic hydroxyl groups is 1. The summed E-state index contributed by atoms with van der Waals surface area (Å²) in [5.41, 5.74) is 6.90. The molecule has 1 heterocycles. The van der Waals surface area contributed by atoms with E-state index in [-0.39, 0.29) is 18.4 Å². The van der Waals surface area contributed by atoms with Crippen molar-refractivity contribution in [3.05, 3.63) is 23.8 Å². The second kappa shape index (κ2) is 6.83. The molecule has 4 nitrogen and oxygen atoms in total. The highest BCUT2D eigenvalue weighted by Crippen LogP contribution is 2.33. The van der Waals surface area contributed by atoms with Gasteiger partial charge in [0.05, 0.1) is 12.1 Å². The van der Waals surface area contributed by atoms with Gasteiger partial charge >= 0.3 is 0 Å². The first-order valence-electron chi connectivity index (χ1n) is 6.05. The lowest BCUT2D eigenvalue weighted by atomic mass is 9.99. The molecule has 5 heteroatoms. The van der Waals surface area contributed by atoms with Crippen molar-refractivity contribution in [1.82, 2.24) is 0 Å². The number of rotatable bonds is 4. The summed E-state index contributed by atoms with van der Waals surface area (Å²) >= 11 is 0. The molecule has 0 saturated heterocycles. The molecule has 2 rings (SSSR count). The molecule has 0 saturated carbocycles. The fourth-order valence-corrected chi connectivity index (χ4v) is 1.96. The molecule has 0 amide bonds. The third-order valence-corrected chi connectivity index (χ3v) is 2.95. The molecule has 0 spiro atoms. The Labute approximate surface area is 113 Å². The number of fused-ring (bicyclic) bond motifs is 1. The monoisotopic (exact) mass is 273 g/mol. The highest BCUT2D eigenvalue weighted by atomic mass is 35.5. The van der Waals surface area contributed by atoms with Crippen molar-refractivity contribution in [3.63, 3.8) is 0 Å². The van der Waals surface area contributed by atoms with Crippen LogP contribution in [0.5, 0.6) is 11.5 Å². The SMILES string of the molecule is CCC[C@H](O)[C@H](N)c1ccc2c(c1)OCCO2.Cl. The van der Waals surface area contributed by atoms with Gasteiger partial charge in [0.25, 0.3) is 0 Å². The number of halogens is 1. The fraction of sp³-hybridized carbons (Fsp3) is 0.538. The third-order valence-electron chi connectivity index (χ3n) is 2.95. The molecule has 0 radical (unpaired) electrons. The average molecular weight is 274 g/mol. The zero-order valence-corrected chi connectivity index (χ0v) is 11.3. The minimum Gasteiger partial charge on any atom is -0.486 e. The Hall–Kier alpha value is -0.970. The number of nitrogens with two attached hydrogens (primary N) is 1. The summed E-state index contributed by atoms with van der Waals surface area (Å²) in [5, 5.41) is 9.88. The number of hydrogen-bond acceptors (Lipinski definition) is 4. The molecule has 102 valence electrons. The van der Waals surface area contributed by atoms with Crippen LogP contribution in [0.2, 0.25) is 0 Å². The Balaban J connectivity index is 0.00000162. The van der Waals surface area contributed by atoms with Crippen LogP contribution in [-0.4, -0.2) is 24.4 Å². The van der Waals surface area contributed by atoms with Crippen LogP contribution in [0, 0.1) is 0 Å². The van der Waals surface area contributed by atoms with E-state index in [1.807, 2.05) is 25.1 Å². The van der Waals surface area contributed by atoms with Gasteiger partial charge in [0.2, 0.25) is 0 Å². The van der Waals surface area contributed by atoms with Gasteiger partial charge in [0, 0.05) is 0 Å². The molecule has 1 aliphatic rings. The largest absolute Gasteiger partial charge is 0.486 e. The van der Waals surface area contributed by atoms with Crippen LogP contribution in [0.3, 0.4) is 0 Å². The molecular weight excluding hydrogens is 254 g/mol. The molecular formula is C13H20ClNO3. The van der Waals surface area contributed by atoms with Gasteiger partial charge in [0.15, 0.2) is 11.5 Å². The summed E-state index contributed by atoms with van der Waals surface area (Å²) in [4.78, 5) is 0. The van der Waals surface area contributed by atoms with Gasteiger partial charge in [-0.15, -0.1) is 12.4 Å². The van der Waals surface area contributed by atoms with Crippen molar-refractivity contribution >= 4 is 12.4 Å². The molecule has 3 N–H and O–H groups in total.